The molecule has 0 saturated carbocycles. The van der Waals surface area contributed by atoms with Gasteiger partial charge in [-0.05, 0) is 24.6 Å². The van der Waals surface area contributed by atoms with Gasteiger partial charge in [0, 0.05) is 13.7 Å². The molecule has 112 valence electrons. The van der Waals surface area contributed by atoms with Crippen LogP contribution in [-0.2, 0) is 16.1 Å². The minimum absolute atomic E-state index is 0.127. The van der Waals surface area contributed by atoms with E-state index in [-0.39, 0.29) is 18.2 Å². The number of benzene rings is 1. The number of halogens is 3. The lowest BCUT2D eigenvalue weighted by Crippen LogP contribution is -2.33. The lowest BCUT2D eigenvalue weighted by atomic mass is 10.2. The second kappa shape index (κ2) is 7.14. The van der Waals surface area contributed by atoms with Crippen LogP contribution in [0, 0.1) is 0 Å². The molecule has 0 bridgehead atoms. The maximum Gasteiger partial charge on any atom is 0.422 e. The zero-order valence-electron chi connectivity index (χ0n) is 11.2. The van der Waals surface area contributed by atoms with Crippen molar-refractivity contribution < 1.29 is 27.4 Å². The first-order chi connectivity index (χ1) is 9.31. The van der Waals surface area contributed by atoms with Gasteiger partial charge >= 0.3 is 6.18 Å². The number of methoxy groups -OCH3 is 1. The Morgan fingerprint density at radius 2 is 1.90 bits per heavy atom. The SMILES string of the molecule is COC(C)C(=O)NCc1ccc(OCC(F)(F)F)cc1. The van der Waals surface area contributed by atoms with Crippen molar-refractivity contribution in [2.75, 3.05) is 13.7 Å². The number of carbonyl (C=O) groups is 1. The molecule has 0 saturated heterocycles. The van der Waals surface area contributed by atoms with Crippen LogP contribution in [0.15, 0.2) is 24.3 Å². The quantitative estimate of drug-likeness (QED) is 0.874. The molecule has 0 heterocycles. The monoisotopic (exact) mass is 291 g/mol. The van der Waals surface area contributed by atoms with Crippen molar-refractivity contribution in [3.8, 4) is 5.75 Å². The molecule has 0 aliphatic rings. The van der Waals surface area contributed by atoms with Gasteiger partial charge in [0.05, 0.1) is 0 Å². The third-order valence-corrected chi connectivity index (χ3v) is 2.52. The zero-order chi connectivity index (χ0) is 15.2. The lowest BCUT2D eigenvalue weighted by Gasteiger charge is -2.11. The van der Waals surface area contributed by atoms with Crippen molar-refractivity contribution in [2.24, 2.45) is 0 Å². The van der Waals surface area contributed by atoms with Gasteiger partial charge in [0.2, 0.25) is 5.91 Å². The van der Waals surface area contributed by atoms with Crippen LogP contribution in [0.2, 0.25) is 0 Å². The first kappa shape index (κ1) is 16.3. The minimum atomic E-state index is -4.36. The minimum Gasteiger partial charge on any atom is -0.484 e. The molecule has 1 aromatic rings. The Labute approximate surface area is 114 Å². The molecule has 0 aromatic heterocycles. The van der Waals surface area contributed by atoms with E-state index in [9.17, 15) is 18.0 Å². The standard InChI is InChI=1S/C13H16F3NO3/c1-9(19-2)12(18)17-7-10-3-5-11(6-4-10)20-8-13(14,15)16/h3-6,9H,7-8H2,1-2H3,(H,17,18). The Bertz CT molecular complexity index is 431. The van der Waals surface area contributed by atoms with Crippen LogP contribution in [-0.4, -0.2) is 31.9 Å². The number of hydrogen-bond donors (Lipinski definition) is 1. The van der Waals surface area contributed by atoms with Crippen molar-refractivity contribution in [1.29, 1.82) is 0 Å². The van der Waals surface area contributed by atoms with Crippen LogP contribution in [0.3, 0.4) is 0 Å². The molecule has 1 atom stereocenters. The summed E-state index contributed by atoms with van der Waals surface area (Å²) in [7, 11) is 1.43. The molecule has 0 radical (unpaired) electrons. The summed E-state index contributed by atoms with van der Waals surface area (Å²) in [6, 6.07) is 6.02. The highest BCUT2D eigenvalue weighted by molar-refractivity contribution is 5.80. The highest BCUT2D eigenvalue weighted by Crippen LogP contribution is 2.18. The second-order valence-corrected chi connectivity index (χ2v) is 4.14. The number of ether oxygens (including phenoxy) is 2. The summed E-state index contributed by atoms with van der Waals surface area (Å²) in [6.45, 7) is 0.559. The van der Waals surface area contributed by atoms with Crippen LogP contribution in [0.4, 0.5) is 13.2 Å². The van der Waals surface area contributed by atoms with Gasteiger partial charge in [-0.25, -0.2) is 0 Å². The Balaban J connectivity index is 2.45. The third kappa shape index (κ3) is 5.92. The smallest absolute Gasteiger partial charge is 0.422 e. The van der Waals surface area contributed by atoms with Crippen LogP contribution in [0.5, 0.6) is 5.75 Å². The fourth-order valence-electron chi connectivity index (χ4n) is 1.31. The fraction of sp³-hybridized carbons (Fsp3) is 0.462. The summed E-state index contributed by atoms with van der Waals surface area (Å²) < 4.78 is 45.3. The zero-order valence-corrected chi connectivity index (χ0v) is 11.2. The number of rotatable bonds is 6. The molecule has 20 heavy (non-hydrogen) atoms. The fourth-order valence-corrected chi connectivity index (χ4v) is 1.31. The molecule has 1 aromatic carbocycles. The Morgan fingerprint density at radius 3 is 2.40 bits per heavy atom. The van der Waals surface area contributed by atoms with E-state index in [1.165, 1.54) is 19.2 Å². The molecular weight excluding hydrogens is 275 g/mol. The Hall–Kier alpha value is -1.76. The van der Waals surface area contributed by atoms with Crippen molar-refractivity contribution >= 4 is 5.91 Å². The summed E-state index contributed by atoms with van der Waals surface area (Å²) in [5, 5.41) is 2.64. The van der Waals surface area contributed by atoms with E-state index in [0.29, 0.717) is 0 Å². The molecule has 0 fully saturated rings. The van der Waals surface area contributed by atoms with Gasteiger partial charge < -0.3 is 14.8 Å². The normalized spacial score (nSPS) is 12.8. The van der Waals surface area contributed by atoms with E-state index < -0.39 is 18.9 Å². The van der Waals surface area contributed by atoms with Crippen molar-refractivity contribution in [2.45, 2.75) is 25.7 Å². The molecule has 1 amide bonds. The number of alkyl halides is 3. The molecule has 7 heteroatoms. The maximum absolute atomic E-state index is 12.0. The average Bonchev–Trinajstić information content (AvgIpc) is 2.41. The lowest BCUT2D eigenvalue weighted by molar-refractivity contribution is -0.153. The largest absolute Gasteiger partial charge is 0.484 e. The molecule has 4 nitrogen and oxygen atoms in total. The van der Waals surface area contributed by atoms with Gasteiger partial charge in [0.25, 0.3) is 0 Å². The van der Waals surface area contributed by atoms with E-state index in [2.05, 4.69) is 10.1 Å². The highest BCUT2D eigenvalue weighted by Gasteiger charge is 2.28. The van der Waals surface area contributed by atoms with Gasteiger partial charge in [-0.3, -0.25) is 4.79 Å². The van der Waals surface area contributed by atoms with E-state index in [1.54, 1.807) is 19.1 Å². The van der Waals surface area contributed by atoms with E-state index >= 15 is 0 Å². The maximum atomic E-state index is 12.0. The molecular formula is C13H16F3NO3. The summed E-state index contributed by atoms with van der Waals surface area (Å²) >= 11 is 0. The summed E-state index contributed by atoms with van der Waals surface area (Å²) in [4.78, 5) is 11.4. The number of nitrogens with one attached hydrogen (secondary N) is 1. The molecule has 0 aliphatic heterocycles. The molecule has 0 aliphatic carbocycles. The average molecular weight is 291 g/mol. The first-order valence-corrected chi connectivity index (χ1v) is 5.91. The van der Waals surface area contributed by atoms with Crippen LogP contribution >= 0.6 is 0 Å². The van der Waals surface area contributed by atoms with Gasteiger partial charge in [0.15, 0.2) is 6.61 Å². The van der Waals surface area contributed by atoms with Crippen LogP contribution in [0.25, 0.3) is 0 Å². The van der Waals surface area contributed by atoms with E-state index in [0.717, 1.165) is 5.56 Å². The van der Waals surface area contributed by atoms with Gasteiger partial charge in [0.1, 0.15) is 11.9 Å². The predicted molar refractivity (Wildman–Crippen MR) is 66.3 cm³/mol. The second-order valence-electron chi connectivity index (χ2n) is 4.14. The molecule has 1 rings (SSSR count). The van der Waals surface area contributed by atoms with Crippen LogP contribution < -0.4 is 10.1 Å². The van der Waals surface area contributed by atoms with Gasteiger partial charge in [-0.2, -0.15) is 13.2 Å². The molecule has 0 spiro atoms. The molecule has 1 unspecified atom stereocenters. The third-order valence-electron chi connectivity index (χ3n) is 2.52. The number of hydrogen-bond acceptors (Lipinski definition) is 3. The predicted octanol–water partition coefficient (Wildman–Crippen LogP) is 2.28. The van der Waals surface area contributed by atoms with Gasteiger partial charge in [-0.15, -0.1) is 0 Å². The van der Waals surface area contributed by atoms with Crippen molar-refractivity contribution in [3.63, 3.8) is 0 Å². The van der Waals surface area contributed by atoms with Crippen molar-refractivity contribution in [3.05, 3.63) is 29.8 Å². The Kier molecular flexibility index (Phi) is 5.82. The number of amides is 1. The number of carbonyl (C=O) groups excluding carboxylic acids is 1. The van der Waals surface area contributed by atoms with Gasteiger partial charge in [-0.1, -0.05) is 12.1 Å². The Morgan fingerprint density at radius 1 is 1.30 bits per heavy atom. The van der Waals surface area contributed by atoms with E-state index in [4.69, 9.17) is 4.74 Å². The summed E-state index contributed by atoms with van der Waals surface area (Å²) in [5.74, 6) is -0.132. The van der Waals surface area contributed by atoms with E-state index in [1.807, 2.05) is 0 Å². The highest BCUT2D eigenvalue weighted by atomic mass is 19.4. The topological polar surface area (TPSA) is 47.6 Å². The first-order valence-electron chi connectivity index (χ1n) is 5.91. The van der Waals surface area contributed by atoms with Crippen LogP contribution in [0.1, 0.15) is 12.5 Å². The summed E-state index contributed by atoms with van der Waals surface area (Å²) in [5.41, 5.74) is 0.751. The van der Waals surface area contributed by atoms with Crippen molar-refractivity contribution in [1.82, 2.24) is 5.32 Å². The summed E-state index contributed by atoms with van der Waals surface area (Å²) in [6.07, 6.45) is -4.91. The molecule has 1 N–H and O–H groups in total.